The molecule has 0 bridgehead atoms. The molecule has 0 unspecified atom stereocenters. The fourth-order valence-electron chi connectivity index (χ4n) is 3.07. The van der Waals surface area contributed by atoms with Crippen molar-refractivity contribution < 1.29 is 13.6 Å². The van der Waals surface area contributed by atoms with Crippen LogP contribution < -0.4 is 5.32 Å². The number of amides is 1. The van der Waals surface area contributed by atoms with Crippen LogP contribution in [0.4, 0.5) is 14.6 Å². The Hall–Kier alpha value is -2.67. The molecule has 138 valence electrons. The van der Waals surface area contributed by atoms with E-state index in [1.54, 1.807) is 16.4 Å². The van der Waals surface area contributed by atoms with Crippen molar-refractivity contribution in [3.63, 3.8) is 0 Å². The molecule has 3 aromatic rings. The fourth-order valence-corrected chi connectivity index (χ4v) is 4.11. The Morgan fingerprint density at radius 3 is 2.56 bits per heavy atom. The summed E-state index contributed by atoms with van der Waals surface area (Å²) in [6.45, 7) is 4.02. The zero-order valence-corrected chi connectivity index (χ0v) is 15.7. The second kappa shape index (κ2) is 6.81. The molecule has 2 heterocycles. The minimum Gasteiger partial charge on any atom is -0.306 e. The van der Waals surface area contributed by atoms with Gasteiger partial charge in [0.05, 0.1) is 11.4 Å². The van der Waals surface area contributed by atoms with Gasteiger partial charge >= 0.3 is 0 Å². The van der Waals surface area contributed by atoms with Gasteiger partial charge in [0.1, 0.15) is 23.0 Å². The van der Waals surface area contributed by atoms with E-state index >= 15 is 0 Å². The van der Waals surface area contributed by atoms with E-state index in [1.165, 1.54) is 6.07 Å². The third-order valence-corrected chi connectivity index (χ3v) is 5.68. The summed E-state index contributed by atoms with van der Waals surface area (Å²) in [5.41, 5.74) is 4.21. The number of thioether (sulfide) groups is 1. The monoisotopic (exact) mass is 385 g/mol. The molecule has 0 saturated heterocycles. The molecule has 0 fully saturated rings. The molecular weight excluding hydrogens is 368 g/mol. The van der Waals surface area contributed by atoms with Crippen LogP contribution in [0, 0.1) is 25.5 Å². The van der Waals surface area contributed by atoms with Gasteiger partial charge < -0.3 is 5.32 Å². The molecule has 0 radical (unpaired) electrons. The molecule has 1 aliphatic heterocycles. The smallest absolute Gasteiger partial charge is 0.262 e. The quantitative estimate of drug-likeness (QED) is 0.707. The number of aryl methyl sites for hydroxylation is 2. The maximum absolute atomic E-state index is 14.0. The van der Waals surface area contributed by atoms with Crippen LogP contribution in [-0.2, 0) is 11.5 Å². The summed E-state index contributed by atoms with van der Waals surface area (Å²) in [5.74, 6) is -0.715. The number of hydrogen-bond donors (Lipinski definition) is 1. The SMILES string of the molecule is Cc1ccc(-n2nc3c(c2NC(=O)c2c(F)cccc2F)CSC3)cc1C. The number of halogens is 2. The van der Waals surface area contributed by atoms with Crippen LogP contribution in [-0.4, -0.2) is 15.7 Å². The highest BCUT2D eigenvalue weighted by Gasteiger charge is 2.26. The van der Waals surface area contributed by atoms with Crippen LogP contribution in [0.15, 0.2) is 36.4 Å². The molecule has 27 heavy (non-hydrogen) atoms. The predicted molar refractivity (Wildman–Crippen MR) is 102 cm³/mol. The van der Waals surface area contributed by atoms with Gasteiger partial charge in [0, 0.05) is 17.1 Å². The van der Waals surface area contributed by atoms with Crippen LogP contribution in [0.2, 0.25) is 0 Å². The van der Waals surface area contributed by atoms with Gasteiger partial charge in [0.15, 0.2) is 0 Å². The maximum Gasteiger partial charge on any atom is 0.262 e. The van der Waals surface area contributed by atoms with E-state index in [0.717, 1.165) is 46.0 Å². The molecule has 0 atom stereocenters. The Morgan fingerprint density at radius 2 is 1.85 bits per heavy atom. The number of nitrogens with one attached hydrogen (secondary N) is 1. The lowest BCUT2D eigenvalue weighted by atomic mass is 10.1. The molecule has 0 spiro atoms. The number of carbonyl (C=O) groups is 1. The molecule has 1 aromatic heterocycles. The van der Waals surface area contributed by atoms with Crippen molar-refractivity contribution in [1.82, 2.24) is 9.78 Å². The first-order valence-corrected chi connectivity index (χ1v) is 9.62. The normalized spacial score (nSPS) is 12.9. The van der Waals surface area contributed by atoms with Gasteiger partial charge in [-0.2, -0.15) is 16.9 Å². The summed E-state index contributed by atoms with van der Waals surface area (Å²) >= 11 is 1.69. The van der Waals surface area contributed by atoms with Gasteiger partial charge in [-0.3, -0.25) is 4.79 Å². The Bertz CT molecular complexity index is 1040. The molecule has 7 heteroatoms. The van der Waals surface area contributed by atoms with E-state index < -0.39 is 23.1 Å². The number of hydrogen-bond acceptors (Lipinski definition) is 3. The number of carbonyl (C=O) groups excluding carboxylic acids is 1. The average molecular weight is 385 g/mol. The zero-order chi connectivity index (χ0) is 19.1. The van der Waals surface area contributed by atoms with E-state index in [9.17, 15) is 13.6 Å². The third kappa shape index (κ3) is 3.12. The first-order chi connectivity index (χ1) is 13.0. The lowest BCUT2D eigenvalue weighted by Gasteiger charge is -2.13. The molecule has 1 aliphatic rings. The summed E-state index contributed by atoms with van der Waals surface area (Å²) in [5, 5.41) is 7.31. The number of rotatable bonds is 3. The standard InChI is InChI=1S/C20H17F2N3OS/c1-11-6-7-13(8-12(11)2)25-19(14-9-27-10-17(14)24-25)23-20(26)18-15(21)4-3-5-16(18)22/h3-8H,9-10H2,1-2H3,(H,23,26). The average Bonchev–Trinajstić information content (AvgIpc) is 3.20. The van der Waals surface area contributed by atoms with Crippen LogP contribution in [0.3, 0.4) is 0 Å². The van der Waals surface area contributed by atoms with E-state index in [1.807, 2.05) is 32.0 Å². The molecular formula is C20H17F2N3OS. The maximum atomic E-state index is 14.0. The third-order valence-electron chi connectivity index (χ3n) is 4.71. The van der Waals surface area contributed by atoms with Crippen LogP contribution in [0.5, 0.6) is 0 Å². The summed E-state index contributed by atoms with van der Waals surface area (Å²) in [6, 6.07) is 9.24. The highest BCUT2D eigenvalue weighted by atomic mass is 32.2. The second-order valence-electron chi connectivity index (χ2n) is 6.50. The number of fused-ring (bicyclic) bond motifs is 1. The van der Waals surface area contributed by atoms with Crippen LogP contribution in [0.1, 0.15) is 32.7 Å². The lowest BCUT2D eigenvalue weighted by molar-refractivity contribution is 0.101. The van der Waals surface area contributed by atoms with Gasteiger partial charge in [-0.1, -0.05) is 12.1 Å². The second-order valence-corrected chi connectivity index (χ2v) is 7.48. The Balaban J connectivity index is 1.78. The van der Waals surface area contributed by atoms with Crippen molar-refractivity contribution >= 4 is 23.5 Å². The molecule has 2 aromatic carbocycles. The van der Waals surface area contributed by atoms with Crippen molar-refractivity contribution in [2.75, 3.05) is 5.32 Å². The minimum absolute atomic E-state index is 0.464. The Labute approximate surface area is 159 Å². The van der Waals surface area contributed by atoms with Gasteiger partial charge in [-0.05, 0) is 49.2 Å². The fraction of sp³-hybridized carbons (Fsp3) is 0.200. The summed E-state index contributed by atoms with van der Waals surface area (Å²) in [6.07, 6.45) is 0. The van der Waals surface area contributed by atoms with Gasteiger partial charge in [-0.25, -0.2) is 13.5 Å². The molecule has 0 aliphatic carbocycles. The highest BCUT2D eigenvalue weighted by molar-refractivity contribution is 7.98. The Morgan fingerprint density at radius 1 is 1.11 bits per heavy atom. The number of nitrogens with zero attached hydrogens (tertiary/aromatic N) is 2. The van der Waals surface area contributed by atoms with E-state index in [2.05, 4.69) is 10.4 Å². The number of aromatic nitrogens is 2. The number of anilines is 1. The first kappa shape index (κ1) is 17.7. The molecule has 1 amide bonds. The Kier molecular flexibility index (Phi) is 4.47. The van der Waals surface area contributed by atoms with Gasteiger partial charge in [-0.15, -0.1) is 0 Å². The summed E-state index contributed by atoms with van der Waals surface area (Å²) < 4.78 is 29.6. The van der Waals surface area contributed by atoms with E-state index in [4.69, 9.17) is 0 Å². The summed E-state index contributed by atoms with van der Waals surface area (Å²) in [7, 11) is 0. The van der Waals surface area contributed by atoms with Crippen molar-refractivity contribution in [1.29, 1.82) is 0 Å². The molecule has 4 nitrogen and oxygen atoms in total. The lowest BCUT2D eigenvalue weighted by Crippen LogP contribution is -2.19. The zero-order valence-electron chi connectivity index (χ0n) is 14.8. The van der Waals surface area contributed by atoms with Crippen molar-refractivity contribution in [3.8, 4) is 5.69 Å². The van der Waals surface area contributed by atoms with Crippen molar-refractivity contribution in [2.45, 2.75) is 25.4 Å². The molecule has 4 rings (SSSR count). The number of benzene rings is 2. The molecule has 1 N–H and O–H groups in total. The topological polar surface area (TPSA) is 46.9 Å². The molecule has 0 saturated carbocycles. The largest absolute Gasteiger partial charge is 0.306 e. The van der Waals surface area contributed by atoms with Crippen molar-refractivity contribution in [2.24, 2.45) is 0 Å². The van der Waals surface area contributed by atoms with E-state index in [-0.39, 0.29) is 0 Å². The van der Waals surface area contributed by atoms with Gasteiger partial charge in [0.2, 0.25) is 0 Å². The van der Waals surface area contributed by atoms with E-state index in [0.29, 0.717) is 11.6 Å². The summed E-state index contributed by atoms with van der Waals surface area (Å²) in [4.78, 5) is 12.6. The highest BCUT2D eigenvalue weighted by Crippen LogP contribution is 2.36. The first-order valence-electron chi connectivity index (χ1n) is 8.47. The minimum atomic E-state index is -0.893. The van der Waals surface area contributed by atoms with Gasteiger partial charge in [0.25, 0.3) is 5.91 Å². The van der Waals surface area contributed by atoms with Crippen LogP contribution >= 0.6 is 11.8 Å². The predicted octanol–water partition coefficient (Wildman–Crippen LogP) is 4.77. The van der Waals surface area contributed by atoms with Crippen LogP contribution in [0.25, 0.3) is 5.69 Å². The van der Waals surface area contributed by atoms with Crippen molar-refractivity contribution in [3.05, 3.63) is 76.0 Å².